The molecule has 0 aliphatic heterocycles. The fraction of sp³-hybridized carbons (Fsp3) is 0.318. The summed E-state index contributed by atoms with van der Waals surface area (Å²) in [4.78, 5) is 17.1. The monoisotopic (exact) mass is 403 g/mol. The molecule has 154 valence electrons. The zero-order chi connectivity index (χ0) is 21.1. The Bertz CT molecular complexity index is 1170. The van der Waals surface area contributed by atoms with Crippen LogP contribution in [0, 0.1) is 0 Å². The van der Waals surface area contributed by atoms with E-state index in [9.17, 15) is 4.79 Å². The number of aromatic amines is 1. The molecule has 1 N–H and O–H groups in total. The Labute approximate surface area is 174 Å². The largest absolute Gasteiger partial charge is 0.328 e. The van der Waals surface area contributed by atoms with E-state index in [4.69, 9.17) is 0 Å². The lowest BCUT2D eigenvalue weighted by molar-refractivity contribution is 0.560. The van der Waals surface area contributed by atoms with Crippen LogP contribution in [0.4, 0.5) is 0 Å². The lowest BCUT2D eigenvalue weighted by atomic mass is 10.0. The lowest BCUT2D eigenvalue weighted by Crippen LogP contribution is -2.26. The van der Waals surface area contributed by atoms with Gasteiger partial charge in [-0.1, -0.05) is 37.6 Å². The van der Waals surface area contributed by atoms with Gasteiger partial charge in [0, 0.05) is 41.5 Å². The van der Waals surface area contributed by atoms with Crippen molar-refractivity contribution in [3.63, 3.8) is 0 Å². The van der Waals surface area contributed by atoms with Crippen molar-refractivity contribution in [1.29, 1.82) is 0 Å². The SMILES string of the molecule is CCCc1cn(C(C)C)c(=O)n1Cc1ccc(-c2cnccc2-c2nn[nH]n2)cc1. The van der Waals surface area contributed by atoms with Crippen molar-refractivity contribution < 1.29 is 0 Å². The van der Waals surface area contributed by atoms with Crippen LogP contribution in [0.5, 0.6) is 0 Å². The van der Waals surface area contributed by atoms with E-state index >= 15 is 0 Å². The number of aryl methyl sites for hydroxylation is 1. The van der Waals surface area contributed by atoms with Crippen molar-refractivity contribution in [3.8, 4) is 22.5 Å². The summed E-state index contributed by atoms with van der Waals surface area (Å²) < 4.78 is 3.69. The van der Waals surface area contributed by atoms with E-state index in [0.29, 0.717) is 12.4 Å². The van der Waals surface area contributed by atoms with Gasteiger partial charge >= 0.3 is 5.69 Å². The standard InChI is InChI=1S/C22H25N7O/c1-4-5-18-14-28(15(2)3)22(30)29(18)13-16-6-8-17(9-7-16)20-12-23-11-10-19(20)21-24-26-27-25-21/h6-12,14-15H,4-5,13H2,1-3H3,(H,24,25,26,27). The Morgan fingerprint density at radius 2 is 1.90 bits per heavy atom. The molecule has 3 aromatic heterocycles. The Balaban J connectivity index is 1.65. The van der Waals surface area contributed by atoms with Crippen molar-refractivity contribution in [2.45, 2.75) is 46.2 Å². The minimum atomic E-state index is 0.0455. The maximum atomic E-state index is 12.9. The molecule has 0 radical (unpaired) electrons. The molecule has 0 aliphatic rings. The second-order valence-corrected chi connectivity index (χ2v) is 7.59. The van der Waals surface area contributed by atoms with Gasteiger partial charge in [0.1, 0.15) is 0 Å². The van der Waals surface area contributed by atoms with Gasteiger partial charge in [-0.15, -0.1) is 10.2 Å². The number of benzene rings is 1. The summed E-state index contributed by atoms with van der Waals surface area (Å²) in [5.41, 5.74) is 5.00. The van der Waals surface area contributed by atoms with E-state index in [1.54, 1.807) is 12.4 Å². The number of nitrogens with one attached hydrogen (secondary N) is 1. The molecule has 0 fully saturated rings. The highest BCUT2D eigenvalue weighted by Crippen LogP contribution is 2.29. The molecule has 0 atom stereocenters. The molecule has 4 aromatic rings. The first-order chi connectivity index (χ1) is 14.6. The van der Waals surface area contributed by atoms with Crippen LogP contribution in [-0.2, 0) is 13.0 Å². The maximum absolute atomic E-state index is 12.9. The highest BCUT2D eigenvalue weighted by atomic mass is 16.1. The van der Waals surface area contributed by atoms with Crippen LogP contribution < -0.4 is 5.69 Å². The summed E-state index contributed by atoms with van der Waals surface area (Å²) >= 11 is 0. The summed E-state index contributed by atoms with van der Waals surface area (Å²) in [5.74, 6) is 0.530. The molecule has 8 heteroatoms. The third kappa shape index (κ3) is 3.80. The predicted molar refractivity (Wildman–Crippen MR) is 115 cm³/mol. The summed E-state index contributed by atoms with van der Waals surface area (Å²) in [5, 5.41) is 14.3. The Morgan fingerprint density at radius 3 is 2.57 bits per heavy atom. The highest BCUT2D eigenvalue weighted by molar-refractivity contribution is 5.79. The van der Waals surface area contributed by atoms with Gasteiger partial charge in [-0.25, -0.2) is 4.79 Å². The summed E-state index contributed by atoms with van der Waals surface area (Å²) in [6.45, 7) is 6.75. The van der Waals surface area contributed by atoms with Crippen molar-refractivity contribution >= 4 is 0 Å². The quantitative estimate of drug-likeness (QED) is 0.510. The fourth-order valence-corrected chi connectivity index (χ4v) is 3.61. The fourth-order valence-electron chi connectivity index (χ4n) is 3.61. The van der Waals surface area contributed by atoms with Gasteiger partial charge < -0.3 is 0 Å². The van der Waals surface area contributed by atoms with Crippen molar-refractivity contribution in [1.82, 2.24) is 34.7 Å². The first-order valence-electron chi connectivity index (χ1n) is 10.2. The molecule has 0 unspecified atom stereocenters. The summed E-state index contributed by atoms with van der Waals surface area (Å²) in [6.07, 6.45) is 7.40. The van der Waals surface area contributed by atoms with Gasteiger partial charge in [0.05, 0.1) is 6.54 Å². The zero-order valence-corrected chi connectivity index (χ0v) is 17.4. The number of rotatable bonds is 7. The van der Waals surface area contributed by atoms with E-state index in [2.05, 4.69) is 44.7 Å². The first-order valence-corrected chi connectivity index (χ1v) is 10.2. The van der Waals surface area contributed by atoms with Gasteiger partial charge in [-0.3, -0.25) is 14.1 Å². The minimum absolute atomic E-state index is 0.0455. The van der Waals surface area contributed by atoms with E-state index < -0.39 is 0 Å². The van der Waals surface area contributed by atoms with Crippen LogP contribution in [0.25, 0.3) is 22.5 Å². The molecular weight excluding hydrogens is 378 g/mol. The zero-order valence-electron chi connectivity index (χ0n) is 17.4. The normalized spacial score (nSPS) is 11.3. The Kier molecular flexibility index (Phi) is 5.56. The molecular formula is C22H25N7O. The molecule has 0 bridgehead atoms. The second kappa shape index (κ2) is 8.44. The molecule has 0 amide bonds. The van der Waals surface area contributed by atoms with E-state index in [1.807, 2.05) is 47.4 Å². The molecule has 1 aromatic carbocycles. The predicted octanol–water partition coefficient (Wildman–Crippen LogP) is 3.47. The van der Waals surface area contributed by atoms with Crippen LogP contribution in [-0.4, -0.2) is 34.7 Å². The number of hydrogen-bond acceptors (Lipinski definition) is 5. The number of H-pyrrole nitrogens is 1. The molecule has 30 heavy (non-hydrogen) atoms. The van der Waals surface area contributed by atoms with Crippen LogP contribution in [0.15, 0.2) is 53.7 Å². The smallest absolute Gasteiger partial charge is 0.296 e. The van der Waals surface area contributed by atoms with Crippen LogP contribution >= 0.6 is 0 Å². The summed E-state index contributed by atoms with van der Waals surface area (Å²) in [7, 11) is 0. The molecule has 3 heterocycles. The molecule has 0 saturated heterocycles. The lowest BCUT2D eigenvalue weighted by Gasteiger charge is -2.09. The van der Waals surface area contributed by atoms with Gasteiger partial charge in [-0.2, -0.15) is 5.21 Å². The second-order valence-electron chi connectivity index (χ2n) is 7.59. The average Bonchev–Trinajstić information content (AvgIpc) is 3.39. The number of pyridine rings is 1. The number of tetrazole rings is 1. The topological polar surface area (TPSA) is 94.3 Å². The number of aromatic nitrogens is 7. The van der Waals surface area contributed by atoms with E-state index in [1.165, 1.54) is 0 Å². The van der Waals surface area contributed by atoms with Crippen LogP contribution in [0.2, 0.25) is 0 Å². The van der Waals surface area contributed by atoms with Crippen molar-refractivity contribution in [2.24, 2.45) is 0 Å². The Morgan fingerprint density at radius 1 is 1.10 bits per heavy atom. The minimum Gasteiger partial charge on any atom is -0.296 e. The maximum Gasteiger partial charge on any atom is 0.328 e. The summed E-state index contributed by atoms with van der Waals surface area (Å²) in [6, 6.07) is 10.2. The average molecular weight is 403 g/mol. The molecule has 4 rings (SSSR count). The number of hydrogen-bond donors (Lipinski definition) is 1. The van der Waals surface area contributed by atoms with E-state index in [0.717, 1.165) is 40.8 Å². The highest BCUT2D eigenvalue weighted by Gasteiger charge is 2.14. The first kappa shape index (κ1) is 19.8. The third-order valence-electron chi connectivity index (χ3n) is 5.16. The third-order valence-corrected chi connectivity index (χ3v) is 5.16. The molecule has 8 nitrogen and oxygen atoms in total. The van der Waals surface area contributed by atoms with Gasteiger partial charge in [0.25, 0.3) is 0 Å². The number of nitrogens with zero attached hydrogens (tertiary/aromatic N) is 6. The van der Waals surface area contributed by atoms with Crippen LogP contribution in [0.3, 0.4) is 0 Å². The Hall–Kier alpha value is -3.55. The molecule has 0 saturated carbocycles. The van der Waals surface area contributed by atoms with Gasteiger partial charge in [-0.05, 0) is 42.7 Å². The van der Waals surface area contributed by atoms with Crippen molar-refractivity contribution in [3.05, 3.63) is 70.7 Å². The van der Waals surface area contributed by atoms with Crippen molar-refractivity contribution in [2.75, 3.05) is 0 Å². The van der Waals surface area contributed by atoms with Gasteiger partial charge in [0.15, 0.2) is 0 Å². The van der Waals surface area contributed by atoms with Gasteiger partial charge in [0.2, 0.25) is 5.82 Å². The van der Waals surface area contributed by atoms with E-state index in [-0.39, 0.29) is 11.7 Å². The van der Waals surface area contributed by atoms with Crippen LogP contribution in [0.1, 0.15) is 44.5 Å². The number of imidazole rings is 1. The molecule has 0 spiro atoms. The molecule has 0 aliphatic carbocycles.